The first-order valence-corrected chi connectivity index (χ1v) is 7.26. The number of nitrogens with zero attached hydrogens (tertiary/aromatic N) is 2. The minimum atomic E-state index is 0.702. The van der Waals surface area contributed by atoms with Gasteiger partial charge >= 0.3 is 0 Å². The third-order valence-electron chi connectivity index (χ3n) is 4.12. The Morgan fingerprint density at radius 1 is 1.29 bits per heavy atom. The number of hydrogen-bond acceptors (Lipinski definition) is 3. The fourth-order valence-electron chi connectivity index (χ4n) is 2.58. The average Bonchev–Trinajstić information content (AvgIpc) is 2.34. The zero-order valence-corrected chi connectivity index (χ0v) is 12.2. The van der Waals surface area contributed by atoms with Crippen LogP contribution >= 0.6 is 0 Å². The summed E-state index contributed by atoms with van der Waals surface area (Å²) in [6.07, 6.45) is 5.17. The lowest BCUT2D eigenvalue weighted by atomic mass is 10.0. The Labute approximate surface area is 108 Å². The molecule has 17 heavy (non-hydrogen) atoms. The van der Waals surface area contributed by atoms with Gasteiger partial charge in [0, 0.05) is 12.1 Å². The molecule has 0 aromatic heterocycles. The Morgan fingerprint density at radius 3 is 2.53 bits per heavy atom. The summed E-state index contributed by atoms with van der Waals surface area (Å²) in [6.45, 7) is 9.43. The normalized spacial score (nSPS) is 21.0. The van der Waals surface area contributed by atoms with Crippen molar-refractivity contribution in [1.29, 1.82) is 0 Å². The molecule has 0 saturated carbocycles. The van der Waals surface area contributed by atoms with Crippen LogP contribution in [0, 0.1) is 0 Å². The van der Waals surface area contributed by atoms with Crippen molar-refractivity contribution in [1.82, 2.24) is 15.1 Å². The van der Waals surface area contributed by atoms with Crippen LogP contribution in [-0.2, 0) is 0 Å². The summed E-state index contributed by atoms with van der Waals surface area (Å²) in [5.41, 5.74) is 0. The molecule has 1 saturated heterocycles. The Balaban J connectivity index is 2.19. The van der Waals surface area contributed by atoms with Gasteiger partial charge in [0.25, 0.3) is 0 Å². The fourth-order valence-corrected chi connectivity index (χ4v) is 2.58. The maximum absolute atomic E-state index is 3.50. The van der Waals surface area contributed by atoms with E-state index in [1.807, 2.05) is 0 Å². The Morgan fingerprint density at radius 2 is 1.94 bits per heavy atom. The highest BCUT2D eigenvalue weighted by atomic mass is 15.2. The van der Waals surface area contributed by atoms with Crippen LogP contribution in [0.3, 0.4) is 0 Å². The van der Waals surface area contributed by atoms with Gasteiger partial charge in [-0.1, -0.05) is 6.92 Å². The summed E-state index contributed by atoms with van der Waals surface area (Å²) in [5.74, 6) is 0. The molecule has 1 rings (SSSR count). The van der Waals surface area contributed by atoms with Gasteiger partial charge in [0.15, 0.2) is 0 Å². The minimum absolute atomic E-state index is 0.702. The van der Waals surface area contributed by atoms with Gasteiger partial charge in [0.05, 0.1) is 0 Å². The molecule has 0 radical (unpaired) electrons. The molecule has 0 aromatic carbocycles. The maximum atomic E-state index is 3.50. The summed E-state index contributed by atoms with van der Waals surface area (Å²) >= 11 is 0. The fraction of sp³-hybridized carbons (Fsp3) is 1.00. The summed E-state index contributed by atoms with van der Waals surface area (Å²) in [4.78, 5) is 5.04. The van der Waals surface area contributed by atoms with Crippen LogP contribution < -0.4 is 5.32 Å². The van der Waals surface area contributed by atoms with Crippen molar-refractivity contribution in [3.8, 4) is 0 Å². The zero-order chi connectivity index (χ0) is 12.7. The lowest BCUT2D eigenvalue weighted by Gasteiger charge is -2.38. The molecule has 0 aliphatic carbocycles. The summed E-state index contributed by atoms with van der Waals surface area (Å²) in [7, 11) is 4.54. The van der Waals surface area contributed by atoms with Gasteiger partial charge in [-0.15, -0.1) is 0 Å². The van der Waals surface area contributed by atoms with Crippen LogP contribution in [0.1, 0.15) is 39.5 Å². The second kappa shape index (κ2) is 8.06. The molecule has 1 heterocycles. The van der Waals surface area contributed by atoms with E-state index in [1.54, 1.807) is 0 Å². The molecule has 3 heteroatoms. The van der Waals surface area contributed by atoms with Gasteiger partial charge in [-0.25, -0.2) is 0 Å². The lowest BCUT2D eigenvalue weighted by Crippen LogP contribution is -2.46. The summed E-state index contributed by atoms with van der Waals surface area (Å²) < 4.78 is 0. The Bertz CT molecular complexity index is 188. The van der Waals surface area contributed by atoms with Crippen LogP contribution in [-0.4, -0.2) is 62.2 Å². The highest BCUT2D eigenvalue weighted by Gasteiger charge is 2.23. The molecule has 1 aliphatic rings. The van der Waals surface area contributed by atoms with Crippen molar-refractivity contribution < 1.29 is 0 Å². The Hall–Kier alpha value is -0.120. The molecule has 102 valence electrons. The summed E-state index contributed by atoms with van der Waals surface area (Å²) in [5, 5.41) is 3.50. The number of hydrogen-bond donors (Lipinski definition) is 1. The van der Waals surface area contributed by atoms with E-state index in [0.29, 0.717) is 6.04 Å². The van der Waals surface area contributed by atoms with Crippen LogP contribution in [0.25, 0.3) is 0 Å². The molecule has 1 atom stereocenters. The molecule has 0 bridgehead atoms. The van der Waals surface area contributed by atoms with Gasteiger partial charge < -0.3 is 15.1 Å². The predicted molar refractivity (Wildman–Crippen MR) is 75.5 cm³/mol. The van der Waals surface area contributed by atoms with E-state index in [0.717, 1.165) is 19.1 Å². The molecule has 0 spiro atoms. The van der Waals surface area contributed by atoms with Gasteiger partial charge in [-0.3, -0.25) is 0 Å². The van der Waals surface area contributed by atoms with E-state index in [1.165, 1.54) is 38.8 Å². The second-order valence-electron chi connectivity index (χ2n) is 5.59. The number of nitrogens with one attached hydrogen (secondary N) is 1. The van der Waals surface area contributed by atoms with Gasteiger partial charge in [-0.05, 0) is 72.9 Å². The van der Waals surface area contributed by atoms with E-state index in [4.69, 9.17) is 0 Å². The molecular weight excluding hydrogens is 210 g/mol. The standard InChI is InChI=1S/C14H31N3/c1-5-9-15-10-6-13(2)17(4)14-7-11-16(3)12-8-14/h13-15H,5-12H2,1-4H3. The first-order chi connectivity index (χ1) is 8.15. The van der Waals surface area contributed by atoms with E-state index in [-0.39, 0.29) is 0 Å². The van der Waals surface area contributed by atoms with Gasteiger partial charge in [0.2, 0.25) is 0 Å². The van der Waals surface area contributed by atoms with Crippen molar-refractivity contribution in [3.05, 3.63) is 0 Å². The monoisotopic (exact) mass is 241 g/mol. The first-order valence-electron chi connectivity index (χ1n) is 7.26. The van der Waals surface area contributed by atoms with Gasteiger partial charge in [-0.2, -0.15) is 0 Å². The quantitative estimate of drug-likeness (QED) is 0.686. The van der Waals surface area contributed by atoms with Crippen LogP contribution in [0.2, 0.25) is 0 Å². The highest BCUT2D eigenvalue weighted by molar-refractivity contribution is 4.79. The van der Waals surface area contributed by atoms with Crippen LogP contribution in [0.5, 0.6) is 0 Å². The Kier molecular flexibility index (Phi) is 7.09. The average molecular weight is 241 g/mol. The van der Waals surface area contributed by atoms with E-state index in [9.17, 15) is 0 Å². The third-order valence-corrected chi connectivity index (χ3v) is 4.12. The SMILES string of the molecule is CCCNCCC(C)N(C)C1CCN(C)CC1. The topological polar surface area (TPSA) is 18.5 Å². The van der Waals surface area contributed by atoms with Crippen LogP contribution in [0.4, 0.5) is 0 Å². The molecule has 1 N–H and O–H groups in total. The lowest BCUT2D eigenvalue weighted by molar-refractivity contribution is 0.110. The smallest absolute Gasteiger partial charge is 0.0119 e. The van der Waals surface area contributed by atoms with Crippen LogP contribution in [0.15, 0.2) is 0 Å². The van der Waals surface area contributed by atoms with Crippen molar-refractivity contribution >= 4 is 0 Å². The highest BCUT2D eigenvalue weighted by Crippen LogP contribution is 2.17. The molecular formula is C14H31N3. The minimum Gasteiger partial charge on any atom is -0.317 e. The molecule has 0 aromatic rings. The first kappa shape index (κ1) is 14.9. The van der Waals surface area contributed by atoms with E-state index < -0.39 is 0 Å². The van der Waals surface area contributed by atoms with E-state index in [2.05, 4.69) is 43.1 Å². The molecule has 0 amide bonds. The second-order valence-corrected chi connectivity index (χ2v) is 5.59. The van der Waals surface area contributed by atoms with E-state index >= 15 is 0 Å². The third kappa shape index (κ3) is 5.36. The predicted octanol–water partition coefficient (Wildman–Crippen LogP) is 1.79. The number of likely N-dealkylation sites (tertiary alicyclic amines) is 1. The molecule has 1 fully saturated rings. The summed E-state index contributed by atoms with van der Waals surface area (Å²) in [6, 6.07) is 1.50. The van der Waals surface area contributed by atoms with Crippen molar-refractivity contribution in [2.24, 2.45) is 0 Å². The van der Waals surface area contributed by atoms with Crippen molar-refractivity contribution in [2.45, 2.75) is 51.6 Å². The number of rotatable bonds is 7. The molecule has 3 nitrogen and oxygen atoms in total. The van der Waals surface area contributed by atoms with Crippen molar-refractivity contribution in [2.75, 3.05) is 40.3 Å². The largest absolute Gasteiger partial charge is 0.317 e. The molecule has 1 aliphatic heterocycles. The van der Waals surface area contributed by atoms with Gasteiger partial charge in [0.1, 0.15) is 0 Å². The number of piperidine rings is 1. The molecule has 1 unspecified atom stereocenters. The van der Waals surface area contributed by atoms with Crippen molar-refractivity contribution in [3.63, 3.8) is 0 Å². The zero-order valence-electron chi connectivity index (χ0n) is 12.2. The maximum Gasteiger partial charge on any atom is 0.0119 e.